The fourth-order valence-corrected chi connectivity index (χ4v) is 2.39. The topological polar surface area (TPSA) is 72.4 Å². The van der Waals surface area contributed by atoms with E-state index in [1.807, 2.05) is 18.2 Å². The highest BCUT2D eigenvalue weighted by atomic mass is 79.9. The molecule has 1 aromatic carbocycles. The minimum Gasteiger partial charge on any atom is -0.370 e. The van der Waals surface area contributed by atoms with Crippen molar-refractivity contribution in [3.8, 4) is 0 Å². The van der Waals surface area contributed by atoms with E-state index in [1.54, 1.807) is 16.8 Å². The summed E-state index contributed by atoms with van der Waals surface area (Å²) < 4.78 is 2.46. The zero-order valence-corrected chi connectivity index (χ0v) is 14.0. The second-order valence-electron chi connectivity index (χ2n) is 4.82. The Labute approximate surface area is 138 Å². The van der Waals surface area contributed by atoms with Gasteiger partial charge in [-0.25, -0.2) is 0 Å². The smallest absolute Gasteiger partial charge is 0.250 e. The van der Waals surface area contributed by atoms with E-state index in [2.05, 4.69) is 39.2 Å². The number of nitrogens with two attached hydrogens (primary N) is 1. The van der Waals surface area contributed by atoms with Crippen LogP contribution in [0.25, 0.3) is 0 Å². The maximum absolute atomic E-state index is 11.7. The van der Waals surface area contributed by atoms with E-state index in [0.717, 1.165) is 16.6 Å². The van der Waals surface area contributed by atoms with Gasteiger partial charge in [-0.2, -0.15) is 0 Å². The normalized spacial score (nSPS) is 11.5. The fourth-order valence-electron chi connectivity index (χ4n) is 2.01. The van der Waals surface area contributed by atoms with Crippen LogP contribution in [0.1, 0.15) is 12.5 Å². The van der Waals surface area contributed by atoms with Gasteiger partial charge in [0.1, 0.15) is 0 Å². The van der Waals surface area contributed by atoms with E-state index in [9.17, 15) is 4.79 Å². The number of benzene rings is 1. The summed E-state index contributed by atoms with van der Waals surface area (Å²) in [6.07, 6.45) is 2.71. The Morgan fingerprint density at radius 2 is 2.18 bits per heavy atom. The summed E-state index contributed by atoms with van der Waals surface area (Å²) in [5, 5.41) is 3.06. The minimum atomic E-state index is -0.0550. The van der Waals surface area contributed by atoms with Crippen LogP contribution in [0.15, 0.2) is 56.9 Å². The Bertz CT molecular complexity index is 724. The molecular weight excluding hydrogens is 344 g/mol. The van der Waals surface area contributed by atoms with E-state index in [1.165, 1.54) is 11.6 Å². The first kappa shape index (κ1) is 16.3. The highest BCUT2D eigenvalue weighted by Gasteiger charge is 1.98. The summed E-state index contributed by atoms with van der Waals surface area (Å²) in [6.45, 7) is 3.02. The maximum atomic E-state index is 11.7. The molecule has 0 atom stereocenters. The lowest BCUT2D eigenvalue weighted by Gasteiger charge is -2.08. The van der Waals surface area contributed by atoms with Crippen molar-refractivity contribution in [3.63, 3.8) is 0 Å². The van der Waals surface area contributed by atoms with Crippen molar-refractivity contribution in [2.24, 2.45) is 10.7 Å². The van der Waals surface area contributed by atoms with Crippen LogP contribution in [-0.4, -0.2) is 17.1 Å². The van der Waals surface area contributed by atoms with E-state index in [-0.39, 0.29) is 5.56 Å². The quantitative estimate of drug-likeness (QED) is 0.634. The van der Waals surface area contributed by atoms with Gasteiger partial charge >= 0.3 is 0 Å². The zero-order valence-electron chi connectivity index (χ0n) is 12.4. The van der Waals surface area contributed by atoms with E-state index < -0.39 is 0 Å². The van der Waals surface area contributed by atoms with Crippen LogP contribution in [-0.2, 0) is 13.0 Å². The third-order valence-corrected chi connectivity index (χ3v) is 3.65. The molecule has 116 valence electrons. The molecule has 2 rings (SSSR count). The van der Waals surface area contributed by atoms with Gasteiger partial charge in [-0.3, -0.25) is 9.79 Å². The van der Waals surface area contributed by atoms with Crippen LogP contribution in [0.2, 0.25) is 0 Å². The average molecular weight is 363 g/mol. The summed E-state index contributed by atoms with van der Waals surface area (Å²) in [5.41, 5.74) is 7.97. The number of hydrogen-bond acceptors (Lipinski definition) is 2. The van der Waals surface area contributed by atoms with Crippen molar-refractivity contribution >= 4 is 27.6 Å². The van der Waals surface area contributed by atoms with Crippen molar-refractivity contribution in [1.29, 1.82) is 0 Å². The highest BCUT2D eigenvalue weighted by Crippen LogP contribution is 2.10. The molecule has 5 nitrogen and oxygen atoms in total. The van der Waals surface area contributed by atoms with Crippen molar-refractivity contribution in [3.05, 3.63) is 63.0 Å². The van der Waals surface area contributed by atoms with Crippen LogP contribution in [0, 0.1) is 0 Å². The number of nitrogens with one attached hydrogen (secondary N) is 1. The third kappa shape index (κ3) is 4.73. The molecule has 6 heteroatoms. The number of nitrogens with zero attached hydrogens (tertiary/aromatic N) is 2. The van der Waals surface area contributed by atoms with Crippen LogP contribution >= 0.6 is 15.9 Å². The Kier molecular flexibility index (Phi) is 5.77. The maximum Gasteiger partial charge on any atom is 0.250 e. The van der Waals surface area contributed by atoms with Crippen molar-refractivity contribution < 1.29 is 0 Å². The lowest BCUT2D eigenvalue weighted by molar-refractivity contribution is 0.679. The summed E-state index contributed by atoms with van der Waals surface area (Å²) in [5.74, 6) is 0.344. The van der Waals surface area contributed by atoms with Gasteiger partial charge in [0.25, 0.3) is 5.56 Å². The molecule has 0 spiro atoms. The van der Waals surface area contributed by atoms with Gasteiger partial charge in [0.2, 0.25) is 0 Å². The molecule has 0 fully saturated rings. The summed E-state index contributed by atoms with van der Waals surface area (Å²) >= 11 is 3.34. The van der Waals surface area contributed by atoms with Crippen LogP contribution in [0.5, 0.6) is 0 Å². The largest absolute Gasteiger partial charge is 0.370 e. The number of rotatable bonds is 5. The average Bonchev–Trinajstić information content (AvgIpc) is 2.51. The number of halogens is 1. The molecule has 0 radical (unpaired) electrons. The van der Waals surface area contributed by atoms with Gasteiger partial charge < -0.3 is 15.6 Å². The third-order valence-electron chi connectivity index (χ3n) is 3.18. The fraction of sp³-hybridized carbons (Fsp3) is 0.250. The van der Waals surface area contributed by atoms with Gasteiger partial charge in [0, 0.05) is 29.0 Å². The number of guanidine groups is 1. The Balaban J connectivity index is 1.95. The number of aryl methyl sites for hydroxylation is 1. The number of aliphatic imine (C=N–C) groups is 1. The van der Waals surface area contributed by atoms with Crippen LogP contribution in [0.3, 0.4) is 0 Å². The number of hydrogen-bond donors (Lipinski definition) is 2. The lowest BCUT2D eigenvalue weighted by Crippen LogP contribution is -2.25. The van der Waals surface area contributed by atoms with E-state index in [4.69, 9.17) is 5.73 Å². The second kappa shape index (κ2) is 7.79. The predicted octanol–water partition coefficient (Wildman–Crippen LogP) is 2.60. The molecule has 2 aromatic rings. The molecular formula is C16H19BrN4O. The van der Waals surface area contributed by atoms with Gasteiger partial charge in [-0.1, -0.05) is 19.1 Å². The molecule has 1 heterocycles. The molecule has 0 unspecified atom stereocenters. The number of pyridine rings is 1. The van der Waals surface area contributed by atoms with Crippen molar-refractivity contribution in [1.82, 2.24) is 4.57 Å². The Morgan fingerprint density at radius 1 is 1.36 bits per heavy atom. The first-order valence-electron chi connectivity index (χ1n) is 7.10. The van der Waals surface area contributed by atoms with Crippen LogP contribution in [0.4, 0.5) is 5.69 Å². The second-order valence-corrected chi connectivity index (χ2v) is 5.74. The molecule has 0 saturated carbocycles. The standard InChI is InChI=1S/C16H19BrN4O/c1-2-12-4-3-5-14(10-12)20-16(18)19-8-9-21-11-13(17)6-7-15(21)22/h3-7,10-11H,2,8-9H2,1H3,(H3,18,19,20). The summed E-state index contributed by atoms with van der Waals surface area (Å²) in [6, 6.07) is 11.3. The highest BCUT2D eigenvalue weighted by molar-refractivity contribution is 9.10. The molecule has 3 N–H and O–H groups in total. The van der Waals surface area contributed by atoms with Gasteiger partial charge in [0.05, 0.1) is 6.54 Å². The Hall–Kier alpha value is -2.08. The van der Waals surface area contributed by atoms with Gasteiger partial charge in [-0.15, -0.1) is 0 Å². The molecule has 0 amide bonds. The predicted molar refractivity (Wildman–Crippen MR) is 94.3 cm³/mol. The molecule has 0 aliphatic carbocycles. The molecule has 0 aliphatic rings. The molecule has 22 heavy (non-hydrogen) atoms. The summed E-state index contributed by atoms with van der Waals surface area (Å²) in [7, 11) is 0. The van der Waals surface area contributed by atoms with Gasteiger partial charge in [0.15, 0.2) is 5.96 Å². The lowest BCUT2D eigenvalue weighted by atomic mass is 10.1. The first-order chi connectivity index (χ1) is 10.6. The van der Waals surface area contributed by atoms with E-state index >= 15 is 0 Å². The van der Waals surface area contributed by atoms with Crippen molar-refractivity contribution in [2.75, 3.05) is 11.9 Å². The molecule has 0 saturated heterocycles. The monoisotopic (exact) mass is 362 g/mol. The van der Waals surface area contributed by atoms with Crippen molar-refractivity contribution in [2.45, 2.75) is 19.9 Å². The molecule has 0 aliphatic heterocycles. The molecule has 0 bridgehead atoms. The Morgan fingerprint density at radius 3 is 2.95 bits per heavy atom. The number of anilines is 1. The van der Waals surface area contributed by atoms with E-state index in [0.29, 0.717) is 19.0 Å². The first-order valence-corrected chi connectivity index (χ1v) is 7.89. The van der Waals surface area contributed by atoms with Crippen LogP contribution < -0.4 is 16.6 Å². The SMILES string of the molecule is CCc1cccc(NC(N)=NCCn2cc(Br)ccc2=O)c1. The summed E-state index contributed by atoms with van der Waals surface area (Å²) in [4.78, 5) is 15.9. The minimum absolute atomic E-state index is 0.0550. The van der Waals surface area contributed by atoms with Gasteiger partial charge in [-0.05, 0) is 46.1 Å². The molecule has 1 aromatic heterocycles. The number of aromatic nitrogens is 1. The zero-order chi connectivity index (χ0) is 15.9.